The van der Waals surface area contributed by atoms with Gasteiger partial charge in [0.1, 0.15) is 5.69 Å². The molecule has 0 saturated carbocycles. The minimum atomic E-state index is -0.103. The van der Waals surface area contributed by atoms with E-state index in [-0.39, 0.29) is 6.04 Å². The van der Waals surface area contributed by atoms with E-state index in [1.807, 2.05) is 11.6 Å². The van der Waals surface area contributed by atoms with Crippen molar-refractivity contribution in [2.75, 3.05) is 7.11 Å². The van der Waals surface area contributed by atoms with Gasteiger partial charge < -0.3 is 4.74 Å². The zero-order chi connectivity index (χ0) is 13.1. The number of thiophene rings is 1. The summed E-state index contributed by atoms with van der Waals surface area (Å²) >= 11 is 1.67. The highest BCUT2D eigenvalue weighted by Gasteiger charge is 2.23. The Kier molecular flexibility index (Phi) is 4.00. The number of aromatic nitrogens is 2. The zero-order valence-electron chi connectivity index (χ0n) is 10.8. The van der Waals surface area contributed by atoms with Crippen LogP contribution < -0.4 is 16.0 Å². The number of nitrogens with zero attached hydrogens (tertiary/aromatic N) is 2. The SMILES string of the molecule is CCn1ncc(OC)c1C(NN)c1cscc1C. The second kappa shape index (κ2) is 5.51. The molecule has 2 rings (SSSR count). The molecular formula is C12H18N4OS. The summed E-state index contributed by atoms with van der Waals surface area (Å²) < 4.78 is 7.28. The fraction of sp³-hybridized carbons (Fsp3) is 0.417. The summed E-state index contributed by atoms with van der Waals surface area (Å²) in [4.78, 5) is 0. The van der Waals surface area contributed by atoms with E-state index >= 15 is 0 Å². The van der Waals surface area contributed by atoms with Crippen LogP contribution in [0, 0.1) is 6.92 Å². The smallest absolute Gasteiger partial charge is 0.161 e. The van der Waals surface area contributed by atoms with Crippen molar-refractivity contribution >= 4 is 11.3 Å². The maximum atomic E-state index is 5.73. The summed E-state index contributed by atoms with van der Waals surface area (Å²) in [5.74, 6) is 6.48. The molecule has 0 saturated heterocycles. The fourth-order valence-corrected chi connectivity index (χ4v) is 2.94. The topological polar surface area (TPSA) is 65.1 Å². The predicted molar refractivity (Wildman–Crippen MR) is 72.7 cm³/mol. The molecule has 2 aromatic heterocycles. The van der Waals surface area contributed by atoms with Crippen molar-refractivity contribution < 1.29 is 4.74 Å². The number of hydrazine groups is 1. The van der Waals surface area contributed by atoms with Crippen molar-refractivity contribution in [1.29, 1.82) is 0 Å². The Hall–Kier alpha value is -1.37. The van der Waals surface area contributed by atoms with E-state index in [1.54, 1.807) is 24.6 Å². The molecule has 5 nitrogen and oxygen atoms in total. The number of rotatable bonds is 5. The summed E-state index contributed by atoms with van der Waals surface area (Å²) in [6, 6.07) is -0.103. The van der Waals surface area contributed by atoms with Crippen LogP contribution in [-0.2, 0) is 6.54 Å². The van der Waals surface area contributed by atoms with Gasteiger partial charge in [0.25, 0.3) is 0 Å². The Morgan fingerprint density at radius 3 is 2.83 bits per heavy atom. The van der Waals surface area contributed by atoms with Gasteiger partial charge in [-0.25, -0.2) is 5.43 Å². The second-order valence-corrected chi connectivity index (χ2v) is 4.77. The van der Waals surface area contributed by atoms with Crippen LogP contribution in [0.15, 0.2) is 17.0 Å². The van der Waals surface area contributed by atoms with Crippen LogP contribution in [0.3, 0.4) is 0 Å². The van der Waals surface area contributed by atoms with Crippen LogP contribution >= 0.6 is 11.3 Å². The average molecular weight is 266 g/mol. The van der Waals surface area contributed by atoms with Gasteiger partial charge in [0.15, 0.2) is 5.75 Å². The molecule has 1 unspecified atom stereocenters. The Labute approximate surface area is 111 Å². The summed E-state index contributed by atoms with van der Waals surface area (Å²) in [5.41, 5.74) is 6.20. The molecule has 0 aliphatic rings. The number of aryl methyl sites for hydroxylation is 2. The summed E-state index contributed by atoms with van der Waals surface area (Å²) in [7, 11) is 1.65. The molecule has 3 N–H and O–H groups in total. The van der Waals surface area contributed by atoms with Crippen LogP contribution in [0.25, 0.3) is 0 Å². The lowest BCUT2D eigenvalue weighted by molar-refractivity contribution is 0.399. The first-order chi connectivity index (χ1) is 8.72. The molecule has 1 atom stereocenters. The third-order valence-electron chi connectivity index (χ3n) is 3.01. The Morgan fingerprint density at radius 1 is 1.56 bits per heavy atom. The summed E-state index contributed by atoms with van der Waals surface area (Å²) in [5, 5.41) is 8.53. The van der Waals surface area contributed by atoms with Crippen molar-refractivity contribution in [1.82, 2.24) is 15.2 Å². The highest BCUT2D eigenvalue weighted by molar-refractivity contribution is 7.08. The van der Waals surface area contributed by atoms with E-state index in [0.717, 1.165) is 23.6 Å². The molecule has 0 amide bonds. The molecule has 0 aliphatic heterocycles. The molecule has 0 radical (unpaired) electrons. The van der Waals surface area contributed by atoms with Gasteiger partial charge >= 0.3 is 0 Å². The van der Waals surface area contributed by atoms with Gasteiger partial charge in [-0.15, -0.1) is 0 Å². The second-order valence-electron chi connectivity index (χ2n) is 4.02. The van der Waals surface area contributed by atoms with Gasteiger partial charge in [-0.05, 0) is 35.7 Å². The maximum absolute atomic E-state index is 5.73. The van der Waals surface area contributed by atoms with Crippen molar-refractivity contribution in [3.8, 4) is 5.75 Å². The van der Waals surface area contributed by atoms with E-state index in [1.165, 1.54) is 5.56 Å². The monoisotopic (exact) mass is 266 g/mol. The van der Waals surface area contributed by atoms with E-state index in [4.69, 9.17) is 10.6 Å². The van der Waals surface area contributed by atoms with Crippen LogP contribution in [0.5, 0.6) is 5.75 Å². The van der Waals surface area contributed by atoms with E-state index in [2.05, 4.69) is 28.2 Å². The zero-order valence-corrected chi connectivity index (χ0v) is 11.6. The molecule has 6 heteroatoms. The van der Waals surface area contributed by atoms with Crippen LogP contribution in [0.4, 0.5) is 0 Å². The predicted octanol–water partition coefficient (Wildman–Crippen LogP) is 1.83. The van der Waals surface area contributed by atoms with E-state index < -0.39 is 0 Å². The highest BCUT2D eigenvalue weighted by Crippen LogP contribution is 2.32. The van der Waals surface area contributed by atoms with Crippen molar-refractivity contribution in [3.63, 3.8) is 0 Å². The van der Waals surface area contributed by atoms with Gasteiger partial charge in [-0.2, -0.15) is 16.4 Å². The molecule has 0 bridgehead atoms. The number of methoxy groups -OCH3 is 1. The first-order valence-electron chi connectivity index (χ1n) is 5.81. The first-order valence-corrected chi connectivity index (χ1v) is 6.75. The van der Waals surface area contributed by atoms with Crippen LogP contribution in [0.2, 0.25) is 0 Å². The van der Waals surface area contributed by atoms with Crippen molar-refractivity contribution in [2.45, 2.75) is 26.4 Å². The van der Waals surface area contributed by atoms with Crippen LogP contribution in [0.1, 0.15) is 29.8 Å². The number of hydrogen-bond donors (Lipinski definition) is 2. The number of nitrogens with one attached hydrogen (secondary N) is 1. The molecule has 0 spiro atoms. The summed E-state index contributed by atoms with van der Waals surface area (Å²) in [6.07, 6.45) is 1.73. The fourth-order valence-electron chi connectivity index (χ4n) is 2.06. The van der Waals surface area contributed by atoms with Gasteiger partial charge in [0.05, 0.1) is 19.3 Å². The number of hydrogen-bond acceptors (Lipinski definition) is 5. The van der Waals surface area contributed by atoms with Gasteiger partial charge in [0, 0.05) is 6.54 Å². The largest absolute Gasteiger partial charge is 0.493 e. The van der Waals surface area contributed by atoms with Crippen LogP contribution in [-0.4, -0.2) is 16.9 Å². The first kappa shape index (κ1) is 13.1. The molecular weight excluding hydrogens is 248 g/mol. The Bertz CT molecular complexity index is 498. The van der Waals surface area contributed by atoms with Gasteiger partial charge in [-0.1, -0.05) is 0 Å². The molecule has 2 aromatic rings. The molecule has 0 fully saturated rings. The molecule has 2 heterocycles. The highest BCUT2D eigenvalue weighted by atomic mass is 32.1. The van der Waals surface area contributed by atoms with E-state index in [9.17, 15) is 0 Å². The quantitative estimate of drug-likeness (QED) is 0.640. The van der Waals surface area contributed by atoms with Gasteiger partial charge in [-0.3, -0.25) is 10.5 Å². The normalized spacial score (nSPS) is 12.7. The Balaban J connectivity index is 2.50. The van der Waals surface area contributed by atoms with E-state index in [0.29, 0.717) is 0 Å². The minimum absolute atomic E-state index is 0.103. The van der Waals surface area contributed by atoms with Crippen molar-refractivity contribution in [3.05, 3.63) is 33.8 Å². The lowest BCUT2D eigenvalue weighted by Crippen LogP contribution is -2.31. The minimum Gasteiger partial charge on any atom is -0.493 e. The number of ether oxygens (including phenoxy) is 1. The summed E-state index contributed by atoms with van der Waals surface area (Å²) in [6.45, 7) is 4.90. The average Bonchev–Trinajstić information content (AvgIpc) is 2.98. The Morgan fingerprint density at radius 2 is 2.33 bits per heavy atom. The molecule has 98 valence electrons. The lowest BCUT2D eigenvalue weighted by atomic mass is 10.0. The molecule has 0 aliphatic carbocycles. The third kappa shape index (κ3) is 2.14. The molecule has 18 heavy (non-hydrogen) atoms. The van der Waals surface area contributed by atoms with Gasteiger partial charge in [0.2, 0.25) is 0 Å². The third-order valence-corrected chi connectivity index (χ3v) is 3.89. The van der Waals surface area contributed by atoms with Crippen molar-refractivity contribution in [2.24, 2.45) is 5.84 Å². The standard InChI is InChI=1S/C12H18N4OS/c1-4-16-12(10(17-3)5-14-16)11(15-13)9-7-18-6-8(9)2/h5-7,11,15H,4,13H2,1-3H3. The molecule has 0 aromatic carbocycles. The maximum Gasteiger partial charge on any atom is 0.161 e. The number of nitrogens with two attached hydrogens (primary N) is 1. The lowest BCUT2D eigenvalue weighted by Gasteiger charge is -2.18.